The second-order valence-corrected chi connectivity index (χ2v) is 6.07. The standard InChI is InChI=1S/C15H32N2O/c1-6-8-16-14(13(3)7-2)15(4,5)17-9-11-18-12-10-17/h13-14,16H,6-12H2,1-5H3. The molecule has 1 rings (SSSR count). The van der Waals surface area contributed by atoms with E-state index in [-0.39, 0.29) is 5.54 Å². The Morgan fingerprint density at radius 2 is 1.83 bits per heavy atom. The average molecular weight is 256 g/mol. The molecule has 2 atom stereocenters. The fourth-order valence-electron chi connectivity index (χ4n) is 3.02. The number of nitrogens with zero attached hydrogens (tertiary/aromatic N) is 1. The van der Waals surface area contributed by atoms with Crippen molar-refractivity contribution in [3.8, 4) is 0 Å². The molecule has 1 aliphatic rings. The third-order valence-electron chi connectivity index (χ3n) is 4.41. The molecule has 3 nitrogen and oxygen atoms in total. The molecule has 1 saturated heterocycles. The van der Waals surface area contributed by atoms with Gasteiger partial charge in [0.2, 0.25) is 0 Å². The Bertz CT molecular complexity index is 225. The van der Waals surface area contributed by atoms with Crippen LogP contribution in [0.4, 0.5) is 0 Å². The van der Waals surface area contributed by atoms with Crippen LogP contribution in [-0.2, 0) is 4.74 Å². The van der Waals surface area contributed by atoms with Gasteiger partial charge in [-0.05, 0) is 32.7 Å². The van der Waals surface area contributed by atoms with Crippen LogP contribution in [0.15, 0.2) is 0 Å². The molecule has 0 aromatic carbocycles. The summed E-state index contributed by atoms with van der Waals surface area (Å²) in [5.41, 5.74) is 0.203. The second kappa shape index (κ2) is 7.46. The molecule has 18 heavy (non-hydrogen) atoms. The predicted octanol–water partition coefficient (Wildman–Crippen LogP) is 2.51. The second-order valence-electron chi connectivity index (χ2n) is 6.07. The van der Waals surface area contributed by atoms with Crippen LogP contribution in [0, 0.1) is 5.92 Å². The first-order valence-electron chi connectivity index (χ1n) is 7.60. The number of hydrogen-bond acceptors (Lipinski definition) is 3. The Balaban J connectivity index is 2.72. The summed E-state index contributed by atoms with van der Waals surface area (Å²) in [6.45, 7) is 16.7. The third kappa shape index (κ3) is 3.94. The van der Waals surface area contributed by atoms with Crippen molar-refractivity contribution >= 4 is 0 Å². The smallest absolute Gasteiger partial charge is 0.0594 e. The molecule has 0 radical (unpaired) electrons. The molecule has 3 heteroatoms. The molecular formula is C15H32N2O. The molecule has 108 valence electrons. The van der Waals surface area contributed by atoms with Crippen LogP contribution in [0.1, 0.15) is 47.5 Å². The van der Waals surface area contributed by atoms with Crippen molar-refractivity contribution in [2.24, 2.45) is 5.92 Å². The van der Waals surface area contributed by atoms with Gasteiger partial charge in [0.25, 0.3) is 0 Å². The summed E-state index contributed by atoms with van der Waals surface area (Å²) < 4.78 is 5.48. The summed E-state index contributed by atoms with van der Waals surface area (Å²) in [6, 6.07) is 0.556. The molecule has 0 aromatic rings. The first kappa shape index (κ1) is 15.9. The molecule has 0 bridgehead atoms. The van der Waals surface area contributed by atoms with Crippen LogP contribution in [-0.4, -0.2) is 49.3 Å². The van der Waals surface area contributed by atoms with E-state index >= 15 is 0 Å². The normalized spacial score (nSPS) is 21.8. The molecule has 0 saturated carbocycles. The zero-order valence-corrected chi connectivity index (χ0v) is 13.0. The number of nitrogens with one attached hydrogen (secondary N) is 1. The molecular weight excluding hydrogens is 224 g/mol. The SMILES string of the molecule is CCCNC(C(C)CC)C(C)(C)N1CCOCC1. The molecule has 1 fully saturated rings. The van der Waals surface area contributed by atoms with Gasteiger partial charge in [0.1, 0.15) is 0 Å². The minimum Gasteiger partial charge on any atom is -0.379 e. The number of morpholine rings is 1. The van der Waals surface area contributed by atoms with Gasteiger partial charge in [-0.3, -0.25) is 4.90 Å². The van der Waals surface area contributed by atoms with Crippen molar-refractivity contribution in [1.29, 1.82) is 0 Å². The lowest BCUT2D eigenvalue weighted by atomic mass is 9.82. The van der Waals surface area contributed by atoms with Gasteiger partial charge in [-0.25, -0.2) is 0 Å². The fraction of sp³-hybridized carbons (Fsp3) is 1.00. The van der Waals surface area contributed by atoms with E-state index in [2.05, 4.69) is 44.8 Å². The largest absolute Gasteiger partial charge is 0.379 e. The molecule has 0 aromatic heterocycles. The summed E-state index contributed by atoms with van der Waals surface area (Å²) in [6.07, 6.45) is 2.43. The highest BCUT2D eigenvalue weighted by molar-refractivity contribution is 4.96. The minimum absolute atomic E-state index is 0.203. The van der Waals surface area contributed by atoms with E-state index in [4.69, 9.17) is 4.74 Å². The third-order valence-corrected chi connectivity index (χ3v) is 4.41. The highest BCUT2D eigenvalue weighted by Gasteiger charge is 2.38. The summed E-state index contributed by atoms with van der Waals surface area (Å²) in [7, 11) is 0. The number of rotatable bonds is 7. The van der Waals surface area contributed by atoms with E-state index in [0.717, 1.165) is 32.8 Å². The average Bonchev–Trinajstić information content (AvgIpc) is 2.39. The topological polar surface area (TPSA) is 24.5 Å². The van der Waals surface area contributed by atoms with Crippen LogP contribution in [0.2, 0.25) is 0 Å². The lowest BCUT2D eigenvalue weighted by molar-refractivity contribution is -0.0307. The Kier molecular flexibility index (Phi) is 6.61. The molecule has 0 amide bonds. The minimum atomic E-state index is 0.203. The number of ether oxygens (including phenoxy) is 1. The Labute approximate surface area is 113 Å². The Morgan fingerprint density at radius 3 is 2.33 bits per heavy atom. The monoisotopic (exact) mass is 256 g/mol. The highest BCUT2D eigenvalue weighted by atomic mass is 16.5. The maximum atomic E-state index is 5.48. The van der Waals surface area contributed by atoms with E-state index in [9.17, 15) is 0 Å². The van der Waals surface area contributed by atoms with E-state index < -0.39 is 0 Å². The van der Waals surface area contributed by atoms with Gasteiger partial charge in [-0.2, -0.15) is 0 Å². The molecule has 1 heterocycles. The van der Waals surface area contributed by atoms with Crippen molar-refractivity contribution in [1.82, 2.24) is 10.2 Å². The maximum absolute atomic E-state index is 5.48. The van der Waals surface area contributed by atoms with Gasteiger partial charge >= 0.3 is 0 Å². The molecule has 0 spiro atoms. The van der Waals surface area contributed by atoms with Gasteiger partial charge in [0, 0.05) is 24.7 Å². The van der Waals surface area contributed by atoms with Crippen molar-refractivity contribution in [3.05, 3.63) is 0 Å². The Hall–Kier alpha value is -0.120. The predicted molar refractivity (Wildman–Crippen MR) is 78.0 cm³/mol. The summed E-state index contributed by atoms with van der Waals surface area (Å²) >= 11 is 0. The highest BCUT2D eigenvalue weighted by Crippen LogP contribution is 2.26. The van der Waals surface area contributed by atoms with Crippen molar-refractivity contribution in [2.45, 2.75) is 59.0 Å². The molecule has 2 unspecified atom stereocenters. The maximum Gasteiger partial charge on any atom is 0.0594 e. The van der Waals surface area contributed by atoms with Gasteiger partial charge in [0.05, 0.1) is 13.2 Å². The molecule has 1 aliphatic heterocycles. The quantitative estimate of drug-likeness (QED) is 0.757. The van der Waals surface area contributed by atoms with Crippen molar-refractivity contribution in [2.75, 3.05) is 32.8 Å². The first-order chi connectivity index (χ1) is 8.54. The van der Waals surface area contributed by atoms with Gasteiger partial charge in [-0.1, -0.05) is 27.2 Å². The van der Waals surface area contributed by atoms with Gasteiger partial charge < -0.3 is 10.1 Å². The summed E-state index contributed by atoms with van der Waals surface area (Å²) in [5.74, 6) is 0.703. The van der Waals surface area contributed by atoms with E-state index in [0.29, 0.717) is 12.0 Å². The van der Waals surface area contributed by atoms with Crippen molar-refractivity contribution in [3.63, 3.8) is 0 Å². The van der Waals surface area contributed by atoms with Crippen LogP contribution in [0.5, 0.6) is 0 Å². The summed E-state index contributed by atoms with van der Waals surface area (Å²) in [4.78, 5) is 2.59. The number of hydrogen-bond donors (Lipinski definition) is 1. The van der Waals surface area contributed by atoms with Gasteiger partial charge in [0.15, 0.2) is 0 Å². The first-order valence-corrected chi connectivity index (χ1v) is 7.60. The molecule has 1 N–H and O–H groups in total. The van der Waals surface area contributed by atoms with E-state index in [1.54, 1.807) is 0 Å². The van der Waals surface area contributed by atoms with Crippen LogP contribution in [0.3, 0.4) is 0 Å². The molecule has 0 aliphatic carbocycles. The summed E-state index contributed by atoms with van der Waals surface area (Å²) in [5, 5.41) is 3.78. The van der Waals surface area contributed by atoms with Gasteiger partial charge in [-0.15, -0.1) is 0 Å². The zero-order valence-electron chi connectivity index (χ0n) is 13.0. The lowest BCUT2D eigenvalue weighted by Crippen LogP contribution is -2.62. The van der Waals surface area contributed by atoms with Crippen molar-refractivity contribution < 1.29 is 4.74 Å². The van der Waals surface area contributed by atoms with E-state index in [1.807, 2.05) is 0 Å². The van der Waals surface area contributed by atoms with Crippen LogP contribution in [0.25, 0.3) is 0 Å². The lowest BCUT2D eigenvalue weighted by Gasteiger charge is -2.48. The van der Waals surface area contributed by atoms with Crippen LogP contribution >= 0.6 is 0 Å². The fourth-order valence-corrected chi connectivity index (χ4v) is 3.02. The zero-order chi connectivity index (χ0) is 13.6. The Morgan fingerprint density at radius 1 is 1.22 bits per heavy atom. The van der Waals surface area contributed by atoms with E-state index in [1.165, 1.54) is 12.8 Å². The van der Waals surface area contributed by atoms with Crippen LogP contribution < -0.4 is 5.32 Å².